The van der Waals surface area contributed by atoms with Gasteiger partial charge in [0.1, 0.15) is 0 Å². The highest BCUT2D eigenvalue weighted by atomic mass is 16.1. The first-order valence-corrected chi connectivity index (χ1v) is 6.62. The molecular weight excluding hydrogens is 248 g/mol. The fourth-order valence-corrected chi connectivity index (χ4v) is 2.76. The van der Waals surface area contributed by atoms with Crippen LogP contribution >= 0.6 is 0 Å². The Bertz CT molecular complexity index is 792. The second-order valence-corrected chi connectivity index (χ2v) is 5.18. The standard InChI is InChI=1S/C17H16N2O/c1-11-8-12(2)15(13(3)9-11)16(20)17-18-10-14-6-4-5-7-19(14)17/h4-10H,1-3H3. The van der Waals surface area contributed by atoms with Gasteiger partial charge in [-0.15, -0.1) is 0 Å². The van der Waals surface area contributed by atoms with Crippen molar-refractivity contribution in [2.45, 2.75) is 20.8 Å². The van der Waals surface area contributed by atoms with Gasteiger partial charge in [0.05, 0.1) is 11.7 Å². The number of nitrogens with zero attached hydrogens (tertiary/aromatic N) is 2. The van der Waals surface area contributed by atoms with Gasteiger partial charge in [0.15, 0.2) is 5.82 Å². The molecule has 0 aliphatic rings. The molecule has 3 nitrogen and oxygen atoms in total. The van der Waals surface area contributed by atoms with E-state index >= 15 is 0 Å². The zero-order valence-electron chi connectivity index (χ0n) is 11.8. The summed E-state index contributed by atoms with van der Waals surface area (Å²) in [6.07, 6.45) is 3.60. The molecule has 0 saturated carbocycles. The molecule has 100 valence electrons. The van der Waals surface area contributed by atoms with Gasteiger partial charge in [-0.1, -0.05) is 23.8 Å². The summed E-state index contributed by atoms with van der Waals surface area (Å²) in [4.78, 5) is 17.1. The van der Waals surface area contributed by atoms with Crippen molar-refractivity contribution in [1.82, 2.24) is 9.38 Å². The lowest BCUT2D eigenvalue weighted by molar-refractivity contribution is 0.102. The number of carbonyl (C=O) groups excluding carboxylic acids is 1. The summed E-state index contributed by atoms with van der Waals surface area (Å²) < 4.78 is 1.83. The van der Waals surface area contributed by atoms with Crippen LogP contribution in [0.15, 0.2) is 42.7 Å². The Kier molecular flexibility index (Phi) is 2.90. The number of ketones is 1. The molecular formula is C17H16N2O. The van der Waals surface area contributed by atoms with Crippen molar-refractivity contribution in [3.8, 4) is 0 Å². The summed E-state index contributed by atoms with van der Waals surface area (Å²) in [5, 5.41) is 0. The normalized spacial score (nSPS) is 10.9. The molecule has 0 atom stereocenters. The van der Waals surface area contributed by atoms with Gasteiger partial charge in [0.2, 0.25) is 5.78 Å². The summed E-state index contributed by atoms with van der Waals surface area (Å²) in [6, 6.07) is 9.86. The maximum atomic E-state index is 12.8. The number of rotatable bonds is 2. The zero-order valence-corrected chi connectivity index (χ0v) is 11.8. The molecule has 0 aliphatic carbocycles. The number of aromatic nitrogens is 2. The number of carbonyl (C=O) groups is 1. The molecule has 2 aromatic heterocycles. The maximum absolute atomic E-state index is 12.8. The van der Waals surface area contributed by atoms with E-state index < -0.39 is 0 Å². The molecule has 0 spiro atoms. The molecule has 3 rings (SSSR count). The first kappa shape index (κ1) is 12.6. The van der Waals surface area contributed by atoms with Crippen LogP contribution in [0.3, 0.4) is 0 Å². The summed E-state index contributed by atoms with van der Waals surface area (Å²) >= 11 is 0. The van der Waals surface area contributed by atoms with E-state index in [-0.39, 0.29) is 5.78 Å². The minimum atomic E-state index is -0.0220. The second-order valence-electron chi connectivity index (χ2n) is 5.18. The van der Waals surface area contributed by atoms with Crippen LogP contribution in [0.4, 0.5) is 0 Å². The van der Waals surface area contributed by atoms with Gasteiger partial charge in [-0.25, -0.2) is 4.98 Å². The molecule has 2 heterocycles. The monoisotopic (exact) mass is 264 g/mol. The minimum absolute atomic E-state index is 0.0220. The topological polar surface area (TPSA) is 34.4 Å². The maximum Gasteiger partial charge on any atom is 0.229 e. The largest absolute Gasteiger partial charge is 0.297 e. The molecule has 0 unspecified atom stereocenters. The zero-order chi connectivity index (χ0) is 14.3. The van der Waals surface area contributed by atoms with Crippen molar-refractivity contribution >= 4 is 11.3 Å². The number of aryl methyl sites for hydroxylation is 3. The summed E-state index contributed by atoms with van der Waals surface area (Å²) in [6.45, 7) is 5.99. The van der Waals surface area contributed by atoms with Crippen molar-refractivity contribution in [1.29, 1.82) is 0 Å². The predicted octanol–water partition coefficient (Wildman–Crippen LogP) is 3.49. The lowest BCUT2D eigenvalue weighted by atomic mass is 9.96. The molecule has 20 heavy (non-hydrogen) atoms. The van der Waals surface area contributed by atoms with E-state index in [2.05, 4.69) is 4.98 Å². The number of imidazole rings is 1. The molecule has 3 heteroatoms. The fourth-order valence-electron chi connectivity index (χ4n) is 2.76. The van der Waals surface area contributed by atoms with Crippen LogP contribution in [-0.2, 0) is 0 Å². The van der Waals surface area contributed by atoms with Crippen molar-refractivity contribution in [2.24, 2.45) is 0 Å². The van der Waals surface area contributed by atoms with Crippen molar-refractivity contribution in [3.63, 3.8) is 0 Å². The molecule has 0 N–H and O–H groups in total. The van der Waals surface area contributed by atoms with E-state index in [1.165, 1.54) is 5.56 Å². The molecule has 0 bridgehead atoms. The smallest absolute Gasteiger partial charge is 0.229 e. The van der Waals surface area contributed by atoms with Crippen LogP contribution in [-0.4, -0.2) is 15.2 Å². The Labute approximate surface area is 117 Å². The van der Waals surface area contributed by atoms with Gasteiger partial charge in [0, 0.05) is 11.8 Å². The highest BCUT2D eigenvalue weighted by molar-refractivity contribution is 6.09. The minimum Gasteiger partial charge on any atom is -0.297 e. The quantitative estimate of drug-likeness (QED) is 0.664. The molecule has 1 aromatic carbocycles. The number of pyridine rings is 1. The number of hydrogen-bond acceptors (Lipinski definition) is 2. The Morgan fingerprint density at radius 2 is 1.80 bits per heavy atom. The second kappa shape index (κ2) is 4.60. The first-order valence-electron chi connectivity index (χ1n) is 6.62. The van der Waals surface area contributed by atoms with Crippen LogP contribution < -0.4 is 0 Å². The van der Waals surface area contributed by atoms with Gasteiger partial charge in [-0.05, 0) is 44.0 Å². The molecule has 0 fully saturated rings. The fraction of sp³-hybridized carbons (Fsp3) is 0.176. The Balaban J connectivity index is 2.19. The highest BCUT2D eigenvalue weighted by Crippen LogP contribution is 2.20. The van der Waals surface area contributed by atoms with Crippen molar-refractivity contribution < 1.29 is 4.79 Å². The van der Waals surface area contributed by atoms with E-state index in [0.29, 0.717) is 5.82 Å². The summed E-state index contributed by atoms with van der Waals surface area (Å²) in [5.74, 6) is 0.446. The Morgan fingerprint density at radius 1 is 1.10 bits per heavy atom. The third-order valence-electron chi connectivity index (χ3n) is 3.55. The lowest BCUT2D eigenvalue weighted by Gasteiger charge is -2.09. The average molecular weight is 264 g/mol. The lowest BCUT2D eigenvalue weighted by Crippen LogP contribution is -2.10. The van der Waals surface area contributed by atoms with E-state index in [1.807, 2.05) is 61.7 Å². The van der Waals surface area contributed by atoms with Crippen molar-refractivity contribution in [2.75, 3.05) is 0 Å². The summed E-state index contributed by atoms with van der Waals surface area (Å²) in [7, 11) is 0. The molecule has 0 amide bonds. The van der Waals surface area contributed by atoms with Crippen LogP contribution in [0.2, 0.25) is 0 Å². The van der Waals surface area contributed by atoms with E-state index in [1.54, 1.807) is 6.20 Å². The van der Waals surface area contributed by atoms with Gasteiger partial charge >= 0.3 is 0 Å². The SMILES string of the molecule is Cc1cc(C)c(C(=O)c2ncc3ccccn23)c(C)c1. The number of fused-ring (bicyclic) bond motifs is 1. The van der Waals surface area contributed by atoms with Crippen LogP contribution in [0.5, 0.6) is 0 Å². The third kappa shape index (κ3) is 1.92. The van der Waals surface area contributed by atoms with Crippen molar-refractivity contribution in [3.05, 3.63) is 70.8 Å². The number of benzene rings is 1. The Hall–Kier alpha value is -2.42. The molecule has 0 saturated heterocycles. The van der Waals surface area contributed by atoms with E-state index in [0.717, 1.165) is 22.2 Å². The molecule has 0 radical (unpaired) electrons. The third-order valence-corrected chi connectivity index (χ3v) is 3.55. The Morgan fingerprint density at radius 3 is 2.50 bits per heavy atom. The molecule has 3 aromatic rings. The first-order chi connectivity index (χ1) is 9.58. The summed E-state index contributed by atoms with van der Waals surface area (Å²) in [5.41, 5.74) is 4.86. The van der Waals surface area contributed by atoms with Gasteiger partial charge < -0.3 is 0 Å². The predicted molar refractivity (Wildman–Crippen MR) is 79.3 cm³/mol. The van der Waals surface area contributed by atoms with E-state index in [4.69, 9.17) is 0 Å². The highest BCUT2D eigenvalue weighted by Gasteiger charge is 2.19. The van der Waals surface area contributed by atoms with Crippen LogP contribution in [0.1, 0.15) is 32.9 Å². The molecule has 0 aliphatic heterocycles. The van der Waals surface area contributed by atoms with Crippen LogP contribution in [0, 0.1) is 20.8 Å². The van der Waals surface area contributed by atoms with Gasteiger partial charge in [-0.2, -0.15) is 0 Å². The number of hydrogen-bond donors (Lipinski definition) is 0. The van der Waals surface area contributed by atoms with Gasteiger partial charge in [0.25, 0.3) is 0 Å². The van der Waals surface area contributed by atoms with E-state index in [9.17, 15) is 4.79 Å². The van der Waals surface area contributed by atoms with Gasteiger partial charge in [-0.3, -0.25) is 9.20 Å². The average Bonchev–Trinajstić information content (AvgIpc) is 2.81. The van der Waals surface area contributed by atoms with Crippen LogP contribution in [0.25, 0.3) is 5.52 Å².